The van der Waals surface area contributed by atoms with Crippen molar-refractivity contribution in [3.8, 4) is 11.3 Å². The van der Waals surface area contributed by atoms with E-state index in [-0.39, 0.29) is 0 Å². The van der Waals surface area contributed by atoms with Crippen molar-refractivity contribution in [1.82, 2.24) is 10.2 Å². The first kappa shape index (κ1) is 13.9. The lowest BCUT2D eigenvalue weighted by Gasteiger charge is -2.12. The first-order chi connectivity index (χ1) is 10.1. The minimum Gasteiger partial charge on any atom is -0.255 e. The smallest absolute Gasteiger partial charge is 0.102 e. The number of aromatic nitrogens is 2. The summed E-state index contributed by atoms with van der Waals surface area (Å²) in [6, 6.07) is 13.9. The number of nitrogens with zero attached hydrogens (tertiary/aromatic N) is 2. The summed E-state index contributed by atoms with van der Waals surface area (Å²) in [6.07, 6.45) is 1.70. The molecule has 0 N–H and O–H groups in total. The van der Waals surface area contributed by atoms with Gasteiger partial charge in [-0.3, -0.25) is 4.21 Å². The van der Waals surface area contributed by atoms with Crippen molar-refractivity contribution in [2.24, 2.45) is 0 Å². The Bertz CT molecular complexity index is 859. The van der Waals surface area contributed by atoms with Crippen LogP contribution < -0.4 is 0 Å². The van der Waals surface area contributed by atoms with Gasteiger partial charge in [0.1, 0.15) is 5.69 Å². The molecule has 0 bridgehead atoms. The highest BCUT2D eigenvalue weighted by Crippen LogP contribution is 2.33. The van der Waals surface area contributed by atoms with Crippen LogP contribution in [-0.2, 0) is 10.8 Å². The quantitative estimate of drug-likeness (QED) is 0.725. The van der Waals surface area contributed by atoms with Crippen molar-refractivity contribution in [2.75, 3.05) is 6.26 Å². The standard InChI is InChI=1S/C17H16N2OS/c1-11-7-6-10-15(21(3)20)16(11)17-14-9-5-4-8-13(14)12(2)18-19-17/h4-10H,1-3H3. The van der Waals surface area contributed by atoms with E-state index in [2.05, 4.69) is 10.2 Å². The Morgan fingerprint density at radius 2 is 1.62 bits per heavy atom. The molecule has 4 heteroatoms. The van der Waals surface area contributed by atoms with Crippen molar-refractivity contribution in [3.05, 3.63) is 53.7 Å². The van der Waals surface area contributed by atoms with Gasteiger partial charge in [0.05, 0.1) is 16.5 Å². The first-order valence-electron chi connectivity index (χ1n) is 6.75. The molecule has 0 aliphatic rings. The van der Waals surface area contributed by atoms with Crippen LogP contribution in [0, 0.1) is 13.8 Å². The lowest BCUT2D eigenvalue weighted by molar-refractivity contribution is 0.687. The van der Waals surface area contributed by atoms with E-state index in [1.54, 1.807) is 6.26 Å². The van der Waals surface area contributed by atoms with Crippen LogP contribution >= 0.6 is 0 Å². The number of fused-ring (bicyclic) bond motifs is 1. The molecule has 3 nitrogen and oxygen atoms in total. The lowest BCUT2D eigenvalue weighted by Crippen LogP contribution is -2.00. The van der Waals surface area contributed by atoms with Gasteiger partial charge in [0.2, 0.25) is 0 Å². The Hall–Kier alpha value is -2.07. The molecule has 3 rings (SSSR count). The van der Waals surface area contributed by atoms with Gasteiger partial charge in [-0.05, 0) is 25.5 Å². The number of aryl methyl sites for hydroxylation is 2. The second-order valence-corrected chi connectivity index (χ2v) is 6.43. The van der Waals surface area contributed by atoms with E-state index in [1.807, 2.05) is 56.3 Å². The van der Waals surface area contributed by atoms with Gasteiger partial charge in [0.25, 0.3) is 0 Å². The Balaban J connectivity index is 2.42. The van der Waals surface area contributed by atoms with Crippen LogP contribution in [0.5, 0.6) is 0 Å². The van der Waals surface area contributed by atoms with Crippen molar-refractivity contribution < 1.29 is 4.21 Å². The van der Waals surface area contributed by atoms with Crippen LogP contribution in [0.4, 0.5) is 0 Å². The zero-order valence-corrected chi connectivity index (χ0v) is 13.1. The fraction of sp³-hybridized carbons (Fsp3) is 0.176. The van der Waals surface area contributed by atoms with Gasteiger partial charge in [0.15, 0.2) is 0 Å². The normalized spacial score (nSPS) is 12.5. The molecule has 3 aromatic rings. The summed E-state index contributed by atoms with van der Waals surface area (Å²) in [4.78, 5) is 0.804. The average molecular weight is 296 g/mol. The third-order valence-electron chi connectivity index (χ3n) is 3.65. The van der Waals surface area contributed by atoms with Crippen LogP contribution in [0.15, 0.2) is 47.4 Å². The van der Waals surface area contributed by atoms with E-state index in [0.717, 1.165) is 38.2 Å². The van der Waals surface area contributed by atoms with Crippen molar-refractivity contribution >= 4 is 21.6 Å². The second kappa shape index (κ2) is 5.37. The predicted octanol–water partition coefficient (Wildman–Crippen LogP) is 3.65. The highest BCUT2D eigenvalue weighted by molar-refractivity contribution is 7.84. The highest BCUT2D eigenvalue weighted by atomic mass is 32.2. The fourth-order valence-electron chi connectivity index (χ4n) is 2.61. The molecule has 0 radical (unpaired) electrons. The Morgan fingerprint density at radius 1 is 0.905 bits per heavy atom. The maximum Gasteiger partial charge on any atom is 0.102 e. The molecule has 0 aliphatic carbocycles. The average Bonchev–Trinajstić information content (AvgIpc) is 2.48. The summed E-state index contributed by atoms with van der Waals surface area (Å²) in [5.41, 5.74) is 3.70. The van der Waals surface area contributed by atoms with Gasteiger partial charge in [-0.15, -0.1) is 5.10 Å². The van der Waals surface area contributed by atoms with E-state index in [4.69, 9.17) is 0 Å². The molecular weight excluding hydrogens is 280 g/mol. The molecular formula is C17H16N2OS. The summed E-state index contributed by atoms with van der Waals surface area (Å²) >= 11 is 0. The van der Waals surface area contributed by atoms with E-state index in [1.165, 1.54) is 0 Å². The maximum atomic E-state index is 12.1. The van der Waals surface area contributed by atoms with E-state index >= 15 is 0 Å². The number of hydrogen-bond acceptors (Lipinski definition) is 3. The molecule has 0 amide bonds. The fourth-order valence-corrected chi connectivity index (χ4v) is 3.42. The molecule has 0 fully saturated rings. The molecule has 1 unspecified atom stereocenters. The van der Waals surface area contributed by atoms with Gasteiger partial charge in [-0.25, -0.2) is 0 Å². The summed E-state index contributed by atoms with van der Waals surface area (Å²) in [6.45, 7) is 3.97. The van der Waals surface area contributed by atoms with Gasteiger partial charge in [-0.2, -0.15) is 5.10 Å². The van der Waals surface area contributed by atoms with Crippen LogP contribution in [0.1, 0.15) is 11.3 Å². The zero-order valence-electron chi connectivity index (χ0n) is 12.3. The Morgan fingerprint density at radius 3 is 2.33 bits per heavy atom. The maximum absolute atomic E-state index is 12.1. The molecule has 0 saturated heterocycles. The molecule has 0 spiro atoms. The molecule has 21 heavy (non-hydrogen) atoms. The number of benzene rings is 2. The van der Waals surface area contributed by atoms with E-state index in [0.29, 0.717) is 0 Å². The number of hydrogen-bond donors (Lipinski definition) is 0. The first-order valence-corrected chi connectivity index (χ1v) is 8.31. The van der Waals surface area contributed by atoms with Crippen molar-refractivity contribution in [2.45, 2.75) is 18.7 Å². The van der Waals surface area contributed by atoms with Crippen molar-refractivity contribution in [3.63, 3.8) is 0 Å². The van der Waals surface area contributed by atoms with E-state index in [9.17, 15) is 4.21 Å². The number of rotatable bonds is 2. The molecule has 2 aromatic carbocycles. The van der Waals surface area contributed by atoms with Crippen LogP contribution in [0.2, 0.25) is 0 Å². The predicted molar refractivity (Wildman–Crippen MR) is 86.8 cm³/mol. The summed E-state index contributed by atoms with van der Waals surface area (Å²) < 4.78 is 12.1. The third-order valence-corrected chi connectivity index (χ3v) is 4.61. The molecule has 1 atom stereocenters. The third kappa shape index (κ3) is 2.36. The highest BCUT2D eigenvalue weighted by Gasteiger charge is 2.16. The lowest BCUT2D eigenvalue weighted by atomic mass is 10.00. The van der Waals surface area contributed by atoms with Gasteiger partial charge in [0, 0.05) is 27.5 Å². The second-order valence-electron chi connectivity index (χ2n) is 5.08. The van der Waals surface area contributed by atoms with Crippen molar-refractivity contribution in [1.29, 1.82) is 0 Å². The summed E-state index contributed by atoms with van der Waals surface area (Å²) in [5, 5.41) is 10.8. The van der Waals surface area contributed by atoms with E-state index < -0.39 is 10.8 Å². The van der Waals surface area contributed by atoms with Crippen LogP contribution in [-0.4, -0.2) is 20.7 Å². The minimum atomic E-state index is -1.07. The minimum absolute atomic E-state index is 0.804. The zero-order chi connectivity index (χ0) is 15.0. The van der Waals surface area contributed by atoms with Gasteiger partial charge >= 0.3 is 0 Å². The molecule has 106 valence electrons. The molecule has 1 heterocycles. The monoisotopic (exact) mass is 296 g/mol. The molecule has 0 aliphatic heterocycles. The van der Waals surface area contributed by atoms with Gasteiger partial charge < -0.3 is 0 Å². The summed E-state index contributed by atoms with van der Waals surface area (Å²) in [5.74, 6) is 0. The SMILES string of the molecule is Cc1cccc(S(C)=O)c1-c1nnc(C)c2ccccc12. The van der Waals surface area contributed by atoms with Crippen LogP contribution in [0.25, 0.3) is 22.0 Å². The largest absolute Gasteiger partial charge is 0.255 e. The molecule has 0 saturated carbocycles. The summed E-state index contributed by atoms with van der Waals surface area (Å²) in [7, 11) is -1.07. The topological polar surface area (TPSA) is 42.9 Å². The molecule has 1 aromatic heterocycles. The Kier molecular flexibility index (Phi) is 3.55. The van der Waals surface area contributed by atoms with Gasteiger partial charge in [-0.1, -0.05) is 36.4 Å². The van der Waals surface area contributed by atoms with Crippen LogP contribution in [0.3, 0.4) is 0 Å². The Labute approximate surface area is 126 Å².